The van der Waals surface area contributed by atoms with Crippen molar-refractivity contribution in [2.24, 2.45) is 0 Å². The summed E-state index contributed by atoms with van der Waals surface area (Å²) in [6.07, 6.45) is 0. The first-order chi connectivity index (χ1) is 18.9. The second-order valence-corrected chi connectivity index (χ2v) is 10.9. The number of hydrogen-bond donors (Lipinski definition) is 0. The zero-order valence-corrected chi connectivity index (χ0v) is 26.4. The summed E-state index contributed by atoms with van der Waals surface area (Å²) in [7, 11) is 4.92. The number of hydrogen-bond acceptors (Lipinski definition) is 6. The van der Waals surface area contributed by atoms with Gasteiger partial charge in [0.05, 0.1) is 21.3 Å². The van der Waals surface area contributed by atoms with E-state index in [0.717, 1.165) is 47.4 Å². The maximum atomic E-state index is 6.17. The predicted octanol–water partition coefficient (Wildman–Crippen LogP) is 8.74. The molecule has 0 bridgehead atoms. The summed E-state index contributed by atoms with van der Waals surface area (Å²) in [5, 5.41) is 0. The Morgan fingerprint density at radius 3 is 0.949 bits per heavy atom. The molecule has 4 rings (SSSR count). The molecule has 0 saturated heterocycles. The van der Waals surface area contributed by atoms with Gasteiger partial charge in [-0.2, -0.15) is 0 Å². The fourth-order valence-corrected chi connectivity index (χ4v) is 4.73. The Morgan fingerprint density at radius 1 is 0.410 bits per heavy atom. The Hall–Kier alpha value is -2.88. The van der Waals surface area contributed by atoms with Crippen LogP contribution >= 0.6 is 47.8 Å². The second kappa shape index (κ2) is 14.0. The highest BCUT2D eigenvalue weighted by Gasteiger charge is 2.11. The van der Waals surface area contributed by atoms with Gasteiger partial charge in [-0.3, -0.25) is 0 Å². The van der Waals surface area contributed by atoms with Crippen LogP contribution in [0.3, 0.4) is 0 Å². The van der Waals surface area contributed by atoms with Crippen molar-refractivity contribution in [3.8, 4) is 34.5 Å². The number of rotatable bonds is 12. The zero-order valence-electron chi connectivity index (χ0n) is 21.6. The Kier molecular flexibility index (Phi) is 10.4. The number of benzene rings is 4. The fourth-order valence-electron chi connectivity index (χ4n) is 3.64. The van der Waals surface area contributed by atoms with E-state index < -0.39 is 0 Å². The van der Waals surface area contributed by atoms with Crippen molar-refractivity contribution in [1.29, 1.82) is 0 Å². The smallest absolute Gasteiger partial charge is 0.127 e. The van der Waals surface area contributed by atoms with E-state index in [2.05, 4.69) is 47.8 Å². The van der Waals surface area contributed by atoms with Crippen LogP contribution in [0.5, 0.6) is 34.5 Å². The van der Waals surface area contributed by atoms with Crippen molar-refractivity contribution < 1.29 is 28.4 Å². The van der Waals surface area contributed by atoms with Crippen LogP contribution in [-0.4, -0.2) is 21.3 Å². The van der Waals surface area contributed by atoms with Gasteiger partial charge in [0.15, 0.2) is 0 Å². The molecule has 0 heterocycles. The summed E-state index contributed by atoms with van der Waals surface area (Å²) in [4.78, 5) is 0. The fraction of sp³-hybridized carbons (Fsp3) is 0.200. The molecule has 4 aromatic rings. The first-order valence-electron chi connectivity index (χ1n) is 11.9. The van der Waals surface area contributed by atoms with Crippen LogP contribution in [0.1, 0.15) is 16.7 Å². The van der Waals surface area contributed by atoms with Crippen molar-refractivity contribution in [3.05, 3.63) is 103 Å². The lowest BCUT2D eigenvalue weighted by molar-refractivity contribution is 0.273. The van der Waals surface area contributed by atoms with Gasteiger partial charge in [-0.05, 0) is 54.6 Å². The average molecular weight is 723 g/mol. The van der Waals surface area contributed by atoms with Gasteiger partial charge < -0.3 is 28.4 Å². The van der Waals surface area contributed by atoms with Crippen LogP contribution in [0.25, 0.3) is 0 Å². The highest BCUT2D eigenvalue weighted by atomic mass is 79.9. The highest BCUT2D eigenvalue weighted by Crippen LogP contribution is 2.33. The summed E-state index contributed by atoms with van der Waals surface area (Å²) in [6.45, 7) is 0.969. The summed E-state index contributed by atoms with van der Waals surface area (Å²) in [5.74, 6) is 4.08. The molecule has 6 nitrogen and oxygen atoms in total. The lowest BCUT2D eigenvalue weighted by atomic mass is 10.2. The van der Waals surface area contributed by atoms with Crippen LogP contribution in [0.4, 0.5) is 0 Å². The van der Waals surface area contributed by atoms with E-state index >= 15 is 0 Å². The van der Waals surface area contributed by atoms with Gasteiger partial charge in [-0.1, -0.05) is 47.8 Å². The molecule has 0 unspecified atom stereocenters. The van der Waals surface area contributed by atoms with Crippen molar-refractivity contribution >= 4 is 47.8 Å². The molecular weight excluding hydrogens is 696 g/mol. The highest BCUT2D eigenvalue weighted by molar-refractivity contribution is 9.11. The quantitative estimate of drug-likeness (QED) is 0.146. The van der Waals surface area contributed by atoms with Crippen molar-refractivity contribution in [3.63, 3.8) is 0 Å². The molecule has 9 heteroatoms. The van der Waals surface area contributed by atoms with Gasteiger partial charge in [-0.25, -0.2) is 0 Å². The molecule has 39 heavy (non-hydrogen) atoms. The molecule has 0 saturated carbocycles. The van der Waals surface area contributed by atoms with E-state index in [0.29, 0.717) is 37.1 Å². The summed E-state index contributed by atoms with van der Waals surface area (Å²) in [6, 6.07) is 22.8. The van der Waals surface area contributed by atoms with Gasteiger partial charge in [0.2, 0.25) is 0 Å². The lowest BCUT2D eigenvalue weighted by Gasteiger charge is -2.15. The largest absolute Gasteiger partial charge is 0.497 e. The molecule has 0 amide bonds. The van der Waals surface area contributed by atoms with Crippen molar-refractivity contribution in [2.45, 2.75) is 19.8 Å². The standard InChI is InChI=1S/C30H27Br3O6/c1-34-22-4-7-28(31)19(10-22)16-37-25-13-26(38-17-20-11-23(35-2)5-8-29(20)32)15-27(14-25)39-18-21-12-24(36-3)6-9-30(21)33/h4-15H,16-18H2,1-3H3. The lowest BCUT2D eigenvalue weighted by Crippen LogP contribution is -2.02. The molecule has 0 spiro atoms. The minimum Gasteiger partial charge on any atom is -0.497 e. The first kappa shape index (κ1) is 29.1. The Labute approximate surface area is 253 Å². The van der Waals surface area contributed by atoms with Gasteiger partial charge in [0.1, 0.15) is 54.3 Å². The van der Waals surface area contributed by atoms with E-state index in [1.165, 1.54) is 0 Å². The molecule has 0 aliphatic carbocycles. The summed E-state index contributed by atoms with van der Waals surface area (Å²) >= 11 is 10.8. The molecular formula is C30H27Br3O6. The third-order valence-electron chi connectivity index (χ3n) is 5.80. The van der Waals surface area contributed by atoms with Crippen LogP contribution in [0.15, 0.2) is 86.2 Å². The Bertz CT molecular complexity index is 1240. The molecule has 0 atom stereocenters. The average Bonchev–Trinajstić information content (AvgIpc) is 2.96. The maximum absolute atomic E-state index is 6.17. The molecule has 4 aromatic carbocycles. The Balaban J connectivity index is 1.56. The SMILES string of the molecule is COc1ccc(Br)c(COc2cc(OCc3cc(OC)ccc3Br)cc(OCc3cc(OC)ccc3Br)c2)c1. The minimum atomic E-state index is 0.323. The topological polar surface area (TPSA) is 55.4 Å². The summed E-state index contributed by atoms with van der Waals surface area (Å²) < 4.78 is 37.4. The van der Waals surface area contributed by atoms with Gasteiger partial charge in [0.25, 0.3) is 0 Å². The van der Waals surface area contributed by atoms with Crippen LogP contribution in [-0.2, 0) is 19.8 Å². The molecule has 0 N–H and O–H groups in total. The van der Waals surface area contributed by atoms with E-state index in [9.17, 15) is 0 Å². The van der Waals surface area contributed by atoms with E-state index in [1.807, 2.05) is 72.8 Å². The van der Waals surface area contributed by atoms with Gasteiger partial charge in [-0.15, -0.1) is 0 Å². The summed E-state index contributed by atoms with van der Waals surface area (Å²) in [5.41, 5.74) is 2.84. The Morgan fingerprint density at radius 2 is 0.692 bits per heavy atom. The van der Waals surface area contributed by atoms with Gasteiger partial charge >= 0.3 is 0 Å². The normalized spacial score (nSPS) is 10.6. The molecule has 0 aromatic heterocycles. The molecule has 204 valence electrons. The minimum absolute atomic E-state index is 0.323. The number of ether oxygens (including phenoxy) is 6. The third-order valence-corrected chi connectivity index (χ3v) is 8.12. The predicted molar refractivity (Wildman–Crippen MR) is 162 cm³/mol. The van der Waals surface area contributed by atoms with Gasteiger partial charge in [0, 0.05) is 48.3 Å². The first-order valence-corrected chi connectivity index (χ1v) is 14.3. The van der Waals surface area contributed by atoms with Crippen LogP contribution in [0.2, 0.25) is 0 Å². The van der Waals surface area contributed by atoms with Crippen LogP contribution < -0.4 is 28.4 Å². The molecule has 0 aliphatic heterocycles. The second-order valence-electron chi connectivity index (χ2n) is 8.38. The van der Waals surface area contributed by atoms with E-state index in [1.54, 1.807) is 21.3 Å². The monoisotopic (exact) mass is 720 g/mol. The number of halogens is 3. The molecule has 0 radical (unpaired) electrons. The third kappa shape index (κ3) is 8.06. The molecule has 0 aliphatic rings. The van der Waals surface area contributed by atoms with Crippen molar-refractivity contribution in [1.82, 2.24) is 0 Å². The van der Waals surface area contributed by atoms with Crippen molar-refractivity contribution in [2.75, 3.05) is 21.3 Å². The number of methoxy groups -OCH3 is 3. The van der Waals surface area contributed by atoms with Crippen LogP contribution in [0, 0.1) is 0 Å². The van der Waals surface area contributed by atoms with E-state index in [4.69, 9.17) is 28.4 Å². The molecule has 0 fully saturated rings. The zero-order chi connectivity index (χ0) is 27.8. The van der Waals surface area contributed by atoms with E-state index in [-0.39, 0.29) is 0 Å². The maximum Gasteiger partial charge on any atom is 0.127 e.